The first-order chi connectivity index (χ1) is 14.7. The molecule has 0 bridgehead atoms. The summed E-state index contributed by atoms with van der Waals surface area (Å²) in [7, 11) is 0. The standard InChI is InChI=1S/C23H25N5O2.ClH/c1-2-30-23(29)27-12-6-11-26(13-14-27)22-17-8-5-7-16(17)18(15-24)21-25-19-9-3-4-10-20(19)28(21)22;/h3-4,9-10H,2,5-8,11-14H2,1H3;1H. The van der Waals surface area contributed by atoms with Gasteiger partial charge in [-0.25, -0.2) is 9.78 Å². The van der Waals surface area contributed by atoms with Crippen LogP contribution in [0.25, 0.3) is 16.7 Å². The lowest BCUT2D eigenvalue weighted by molar-refractivity contribution is 0.110. The van der Waals surface area contributed by atoms with Crippen molar-refractivity contribution in [3.63, 3.8) is 0 Å². The second kappa shape index (κ2) is 8.64. The number of aromatic nitrogens is 2. The molecule has 1 amide bonds. The Morgan fingerprint density at radius 1 is 1.13 bits per heavy atom. The molecule has 8 heteroatoms. The third kappa shape index (κ3) is 3.45. The number of nitrogens with zero attached hydrogens (tertiary/aromatic N) is 5. The molecule has 2 aromatic heterocycles. The van der Waals surface area contributed by atoms with E-state index in [0.717, 1.165) is 66.8 Å². The molecule has 31 heavy (non-hydrogen) atoms. The molecule has 5 rings (SSSR count). The van der Waals surface area contributed by atoms with Crippen molar-refractivity contribution in [1.82, 2.24) is 14.3 Å². The summed E-state index contributed by atoms with van der Waals surface area (Å²) in [6.07, 6.45) is 3.60. The average Bonchev–Trinajstić information content (AvgIpc) is 3.30. The van der Waals surface area contributed by atoms with Crippen molar-refractivity contribution in [3.8, 4) is 6.07 Å². The number of amides is 1. The van der Waals surface area contributed by atoms with Crippen LogP contribution in [0.1, 0.15) is 36.5 Å². The zero-order chi connectivity index (χ0) is 20.7. The predicted molar refractivity (Wildman–Crippen MR) is 122 cm³/mol. The number of para-hydroxylation sites is 2. The SMILES string of the molecule is CCOC(=O)N1CCCN(c2c3c(c(C#N)c4nc5ccccc5n24)CCC3)CC1.Cl. The number of hydrogen-bond donors (Lipinski definition) is 0. The zero-order valence-electron chi connectivity index (χ0n) is 17.6. The fraction of sp³-hybridized carbons (Fsp3) is 0.435. The maximum atomic E-state index is 12.2. The number of halogens is 1. The van der Waals surface area contributed by atoms with E-state index in [9.17, 15) is 10.1 Å². The van der Waals surface area contributed by atoms with Crippen LogP contribution in [-0.4, -0.2) is 53.2 Å². The molecule has 0 unspecified atom stereocenters. The molecular weight excluding hydrogens is 414 g/mol. The molecule has 1 aliphatic heterocycles. The molecule has 3 aromatic rings. The highest BCUT2D eigenvalue weighted by atomic mass is 35.5. The van der Waals surface area contributed by atoms with Crippen LogP contribution in [0.5, 0.6) is 0 Å². The van der Waals surface area contributed by atoms with Gasteiger partial charge in [0, 0.05) is 26.2 Å². The highest BCUT2D eigenvalue weighted by molar-refractivity contribution is 5.86. The first kappa shape index (κ1) is 21.3. The summed E-state index contributed by atoms with van der Waals surface area (Å²) in [5.41, 5.74) is 5.82. The number of nitriles is 1. The van der Waals surface area contributed by atoms with E-state index in [0.29, 0.717) is 25.3 Å². The number of fused-ring (bicyclic) bond motifs is 4. The van der Waals surface area contributed by atoms with E-state index < -0.39 is 0 Å². The molecule has 0 N–H and O–H groups in total. The molecular formula is C23H26ClN5O2. The van der Waals surface area contributed by atoms with E-state index in [1.165, 1.54) is 5.56 Å². The van der Waals surface area contributed by atoms with Crippen molar-refractivity contribution in [2.24, 2.45) is 0 Å². The van der Waals surface area contributed by atoms with Crippen LogP contribution in [-0.2, 0) is 17.6 Å². The number of pyridine rings is 1. The van der Waals surface area contributed by atoms with Crippen LogP contribution in [0.3, 0.4) is 0 Å². The van der Waals surface area contributed by atoms with E-state index in [-0.39, 0.29) is 18.5 Å². The van der Waals surface area contributed by atoms with Crippen LogP contribution in [0.4, 0.5) is 10.6 Å². The third-order valence-electron chi connectivity index (χ3n) is 6.22. The summed E-state index contributed by atoms with van der Waals surface area (Å²) < 4.78 is 7.39. The first-order valence-corrected chi connectivity index (χ1v) is 10.7. The van der Waals surface area contributed by atoms with Crippen molar-refractivity contribution < 1.29 is 9.53 Å². The van der Waals surface area contributed by atoms with Gasteiger partial charge < -0.3 is 14.5 Å². The lowest BCUT2D eigenvalue weighted by Crippen LogP contribution is -2.36. The second-order valence-corrected chi connectivity index (χ2v) is 7.91. The summed E-state index contributed by atoms with van der Waals surface area (Å²) in [5, 5.41) is 9.94. The average molecular weight is 440 g/mol. The van der Waals surface area contributed by atoms with Gasteiger partial charge in [-0.05, 0) is 55.9 Å². The fourth-order valence-corrected chi connectivity index (χ4v) is 4.92. The summed E-state index contributed by atoms with van der Waals surface area (Å²) in [5.74, 6) is 1.15. The van der Waals surface area contributed by atoms with Crippen LogP contribution >= 0.6 is 12.4 Å². The van der Waals surface area contributed by atoms with Crippen molar-refractivity contribution in [3.05, 3.63) is 41.0 Å². The van der Waals surface area contributed by atoms with E-state index in [4.69, 9.17) is 9.72 Å². The maximum absolute atomic E-state index is 12.2. The molecule has 1 aliphatic carbocycles. The number of carbonyl (C=O) groups excluding carboxylic acids is 1. The molecule has 1 saturated heterocycles. The van der Waals surface area contributed by atoms with Crippen molar-refractivity contribution in [2.75, 3.05) is 37.7 Å². The van der Waals surface area contributed by atoms with Crippen molar-refractivity contribution >= 4 is 41.0 Å². The van der Waals surface area contributed by atoms with Crippen LogP contribution in [0, 0.1) is 11.3 Å². The molecule has 7 nitrogen and oxygen atoms in total. The fourth-order valence-electron chi connectivity index (χ4n) is 4.92. The number of rotatable bonds is 2. The van der Waals surface area contributed by atoms with Crippen LogP contribution in [0.2, 0.25) is 0 Å². The van der Waals surface area contributed by atoms with Gasteiger partial charge in [-0.3, -0.25) is 4.40 Å². The number of anilines is 1. The van der Waals surface area contributed by atoms with Gasteiger partial charge in [0.1, 0.15) is 11.9 Å². The Bertz CT molecular complexity index is 1180. The molecule has 1 aromatic carbocycles. The quantitative estimate of drug-likeness (QED) is 0.604. The molecule has 162 valence electrons. The highest BCUT2D eigenvalue weighted by Crippen LogP contribution is 2.38. The predicted octanol–water partition coefficient (Wildman–Crippen LogP) is 3.94. The summed E-state index contributed by atoms with van der Waals surface area (Å²) in [6.45, 7) is 5.14. The minimum atomic E-state index is -0.234. The molecule has 0 spiro atoms. The monoisotopic (exact) mass is 439 g/mol. The van der Waals surface area contributed by atoms with E-state index >= 15 is 0 Å². The zero-order valence-corrected chi connectivity index (χ0v) is 18.5. The smallest absolute Gasteiger partial charge is 0.409 e. The molecule has 0 atom stereocenters. The molecule has 2 aliphatic rings. The molecule has 1 fully saturated rings. The Labute approximate surface area is 187 Å². The van der Waals surface area contributed by atoms with Gasteiger partial charge in [0.05, 0.1) is 23.2 Å². The van der Waals surface area contributed by atoms with Crippen molar-refractivity contribution in [2.45, 2.75) is 32.6 Å². The molecule has 0 saturated carbocycles. The van der Waals surface area contributed by atoms with Gasteiger partial charge in [0.2, 0.25) is 0 Å². The van der Waals surface area contributed by atoms with Crippen LogP contribution < -0.4 is 4.90 Å². The van der Waals surface area contributed by atoms with E-state index in [1.54, 1.807) is 4.90 Å². The first-order valence-electron chi connectivity index (χ1n) is 10.7. The summed E-state index contributed by atoms with van der Waals surface area (Å²) >= 11 is 0. The van der Waals surface area contributed by atoms with Gasteiger partial charge in [-0.15, -0.1) is 12.4 Å². The molecule has 0 radical (unpaired) electrons. The Balaban J connectivity index is 0.00000231. The van der Waals surface area contributed by atoms with Gasteiger partial charge in [-0.2, -0.15) is 5.26 Å². The Hall–Kier alpha value is -2.98. The Kier molecular flexibility index (Phi) is 5.92. The number of imidazole rings is 1. The maximum Gasteiger partial charge on any atom is 0.409 e. The highest BCUT2D eigenvalue weighted by Gasteiger charge is 2.30. The largest absolute Gasteiger partial charge is 0.450 e. The molecule has 3 heterocycles. The Morgan fingerprint density at radius 3 is 2.74 bits per heavy atom. The van der Waals surface area contributed by atoms with Gasteiger partial charge in [0.15, 0.2) is 5.65 Å². The summed E-state index contributed by atoms with van der Waals surface area (Å²) in [6, 6.07) is 10.5. The minimum Gasteiger partial charge on any atom is -0.450 e. The van der Waals surface area contributed by atoms with Gasteiger partial charge >= 0.3 is 6.09 Å². The topological polar surface area (TPSA) is 73.9 Å². The van der Waals surface area contributed by atoms with Crippen molar-refractivity contribution in [1.29, 1.82) is 5.26 Å². The lowest BCUT2D eigenvalue weighted by atomic mass is 10.1. The number of ether oxygens (including phenoxy) is 1. The van der Waals surface area contributed by atoms with Crippen LogP contribution in [0.15, 0.2) is 24.3 Å². The summed E-state index contributed by atoms with van der Waals surface area (Å²) in [4.78, 5) is 21.3. The Morgan fingerprint density at radius 2 is 1.94 bits per heavy atom. The van der Waals surface area contributed by atoms with Gasteiger partial charge in [-0.1, -0.05) is 12.1 Å². The van der Waals surface area contributed by atoms with Gasteiger partial charge in [0.25, 0.3) is 0 Å². The number of hydrogen-bond acceptors (Lipinski definition) is 5. The normalized spacial score (nSPS) is 16.0. The number of carbonyl (C=O) groups is 1. The van der Waals surface area contributed by atoms with E-state index in [2.05, 4.69) is 21.4 Å². The second-order valence-electron chi connectivity index (χ2n) is 7.91. The van der Waals surface area contributed by atoms with E-state index in [1.807, 2.05) is 25.1 Å². The lowest BCUT2D eigenvalue weighted by Gasteiger charge is -2.27. The third-order valence-corrected chi connectivity index (χ3v) is 6.22. The minimum absolute atomic E-state index is 0. The number of benzene rings is 1.